The second-order valence-corrected chi connectivity index (χ2v) is 5.90. The van der Waals surface area contributed by atoms with E-state index in [1.165, 1.54) is 4.88 Å². The molecule has 24 heavy (non-hydrogen) atoms. The van der Waals surface area contributed by atoms with E-state index in [9.17, 15) is 0 Å². The van der Waals surface area contributed by atoms with Gasteiger partial charge in [0.2, 0.25) is 5.89 Å². The van der Waals surface area contributed by atoms with Crippen LogP contribution in [0.3, 0.4) is 0 Å². The molecule has 7 heteroatoms. The number of benzene rings is 1. The van der Waals surface area contributed by atoms with Crippen LogP contribution in [0.2, 0.25) is 0 Å². The maximum Gasteiger partial charge on any atom is 0.226 e. The van der Waals surface area contributed by atoms with E-state index >= 15 is 0 Å². The topological polar surface area (TPSA) is 62.5 Å². The standard InChI is InChI=1S/C17H18N4OS.HI/c1-18-17(20-11-15-8-5-9-23-15)19-10-14-12-22-16(21-14)13-6-3-2-4-7-13;/h2-9,12H,10-11H2,1H3,(H2,18,19,20);1H. The Kier molecular flexibility index (Phi) is 7.26. The van der Waals surface area contributed by atoms with Gasteiger partial charge in [-0.3, -0.25) is 4.99 Å². The van der Waals surface area contributed by atoms with Crippen molar-refractivity contribution in [1.29, 1.82) is 0 Å². The van der Waals surface area contributed by atoms with Crippen LogP contribution in [0.1, 0.15) is 10.6 Å². The molecular weight excluding hydrogens is 435 g/mol. The highest BCUT2D eigenvalue weighted by atomic mass is 127. The van der Waals surface area contributed by atoms with E-state index in [2.05, 4.69) is 32.1 Å². The molecule has 1 aromatic carbocycles. The lowest BCUT2D eigenvalue weighted by Crippen LogP contribution is -2.36. The molecule has 126 valence electrons. The summed E-state index contributed by atoms with van der Waals surface area (Å²) < 4.78 is 5.53. The highest BCUT2D eigenvalue weighted by molar-refractivity contribution is 14.0. The second kappa shape index (κ2) is 9.43. The van der Waals surface area contributed by atoms with Gasteiger partial charge in [-0.05, 0) is 23.6 Å². The van der Waals surface area contributed by atoms with Crippen molar-refractivity contribution in [3.63, 3.8) is 0 Å². The quantitative estimate of drug-likeness (QED) is 0.349. The van der Waals surface area contributed by atoms with Crippen molar-refractivity contribution in [2.75, 3.05) is 7.05 Å². The summed E-state index contributed by atoms with van der Waals surface area (Å²) in [6.07, 6.45) is 1.67. The molecular formula is C17H19IN4OS. The lowest BCUT2D eigenvalue weighted by atomic mass is 10.2. The largest absolute Gasteiger partial charge is 0.444 e. The first kappa shape index (κ1) is 18.5. The van der Waals surface area contributed by atoms with Crippen LogP contribution in [-0.2, 0) is 13.1 Å². The summed E-state index contributed by atoms with van der Waals surface area (Å²) in [4.78, 5) is 9.96. The van der Waals surface area contributed by atoms with Crippen LogP contribution in [0.5, 0.6) is 0 Å². The van der Waals surface area contributed by atoms with Gasteiger partial charge in [0.05, 0.1) is 18.8 Å². The summed E-state index contributed by atoms with van der Waals surface area (Å²) in [5, 5.41) is 8.57. The van der Waals surface area contributed by atoms with Crippen molar-refractivity contribution < 1.29 is 4.42 Å². The number of oxazole rings is 1. The zero-order valence-corrected chi connectivity index (χ0v) is 16.4. The van der Waals surface area contributed by atoms with Gasteiger partial charge >= 0.3 is 0 Å². The highest BCUT2D eigenvalue weighted by Gasteiger charge is 2.07. The molecule has 2 aromatic heterocycles. The summed E-state index contributed by atoms with van der Waals surface area (Å²) in [6, 6.07) is 14.0. The molecule has 0 bridgehead atoms. The Morgan fingerprint density at radius 2 is 1.92 bits per heavy atom. The maximum absolute atomic E-state index is 5.53. The maximum atomic E-state index is 5.53. The highest BCUT2D eigenvalue weighted by Crippen LogP contribution is 2.17. The fourth-order valence-electron chi connectivity index (χ4n) is 2.08. The fraction of sp³-hybridized carbons (Fsp3) is 0.176. The molecule has 2 heterocycles. The van der Waals surface area contributed by atoms with Crippen LogP contribution in [0.25, 0.3) is 11.5 Å². The Morgan fingerprint density at radius 3 is 2.62 bits per heavy atom. The lowest BCUT2D eigenvalue weighted by Gasteiger charge is -2.09. The molecule has 3 rings (SSSR count). The molecule has 0 fully saturated rings. The third kappa shape index (κ3) is 5.07. The Bertz CT molecular complexity index is 756. The molecule has 3 aromatic rings. The molecule has 0 aliphatic carbocycles. The molecule has 2 N–H and O–H groups in total. The van der Waals surface area contributed by atoms with Crippen molar-refractivity contribution >= 4 is 41.3 Å². The van der Waals surface area contributed by atoms with Crippen molar-refractivity contribution in [2.24, 2.45) is 4.99 Å². The summed E-state index contributed by atoms with van der Waals surface area (Å²) in [5.41, 5.74) is 1.81. The van der Waals surface area contributed by atoms with Crippen LogP contribution >= 0.6 is 35.3 Å². The van der Waals surface area contributed by atoms with Crippen LogP contribution in [-0.4, -0.2) is 18.0 Å². The van der Waals surface area contributed by atoms with Gasteiger partial charge in [-0.2, -0.15) is 0 Å². The van der Waals surface area contributed by atoms with E-state index in [0.29, 0.717) is 12.4 Å². The number of nitrogens with zero attached hydrogens (tertiary/aromatic N) is 2. The van der Waals surface area contributed by atoms with Crippen LogP contribution < -0.4 is 10.6 Å². The smallest absolute Gasteiger partial charge is 0.226 e. The van der Waals surface area contributed by atoms with Gasteiger partial charge in [0.1, 0.15) is 6.26 Å². The number of halogens is 1. The van der Waals surface area contributed by atoms with E-state index in [-0.39, 0.29) is 24.0 Å². The first-order valence-electron chi connectivity index (χ1n) is 7.32. The zero-order valence-electron chi connectivity index (χ0n) is 13.2. The average Bonchev–Trinajstić information content (AvgIpc) is 3.27. The van der Waals surface area contributed by atoms with Gasteiger partial charge in [-0.1, -0.05) is 24.3 Å². The van der Waals surface area contributed by atoms with E-state index in [0.717, 1.165) is 23.8 Å². The Balaban J connectivity index is 0.00000208. The van der Waals surface area contributed by atoms with Gasteiger partial charge in [0, 0.05) is 17.5 Å². The summed E-state index contributed by atoms with van der Waals surface area (Å²) >= 11 is 1.72. The van der Waals surface area contributed by atoms with E-state index < -0.39 is 0 Å². The Labute approximate surface area is 162 Å². The molecule has 0 atom stereocenters. The van der Waals surface area contributed by atoms with Crippen LogP contribution in [0.4, 0.5) is 0 Å². The number of hydrogen-bond acceptors (Lipinski definition) is 4. The Hall–Kier alpha value is -1.87. The van der Waals surface area contributed by atoms with Gasteiger partial charge in [-0.15, -0.1) is 35.3 Å². The predicted molar refractivity (Wildman–Crippen MR) is 109 cm³/mol. The van der Waals surface area contributed by atoms with Crippen LogP contribution in [0.15, 0.2) is 63.5 Å². The predicted octanol–water partition coefficient (Wildman–Crippen LogP) is 3.89. The number of guanidine groups is 1. The molecule has 5 nitrogen and oxygen atoms in total. The molecule has 0 saturated carbocycles. The number of aromatic nitrogens is 1. The van der Waals surface area contributed by atoms with Crippen LogP contribution in [0, 0.1) is 0 Å². The van der Waals surface area contributed by atoms with Gasteiger partial charge < -0.3 is 15.1 Å². The second-order valence-electron chi connectivity index (χ2n) is 4.87. The Morgan fingerprint density at radius 1 is 1.12 bits per heavy atom. The molecule has 0 aliphatic rings. The lowest BCUT2D eigenvalue weighted by molar-refractivity contribution is 0.572. The molecule has 0 amide bonds. The van der Waals surface area contributed by atoms with Crippen molar-refractivity contribution in [3.05, 3.63) is 64.7 Å². The zero-order chi connectivity index (χ0) is 15.9. The number of aliphatic imine (C=N–C) groups is 1. The first-order chi connectivity index (χ1) is 11.3. The van der Waals surface area contributed by atoms with E-state index in [4.69, 9.17) is 4.42 Å². The fourth-order valence-corrected chi connectivity index (χ4v) is 2.72. The van der Waals surface area contributed by atoms with E-state index in [1.54, 1.807) is 24.6 Å². The van der Waals surface area contributed by atoms with E-state index in [1.807, 2.05) is 36.4 Å². The van der Waals surface area contributed by atoms with Crippen molar-refractivity contribution in [2.45, 2.75) is 13.1 Å². The molecule has 0 unspecified atom stereocenters. The number of nitrogens with one attached hydrogen (secondary N) is 2. The van der Waals surface area contributed by atoms with Gasteiger partial charge in [0.25, 0.3) is 0 Å². The molecule has 0 radical (unpaired) electrons. The minimum absolute atomic E-state index is 0. The number of hydrogen-bond donors (Lipinski definition) is 2. The molecule has 0 saturated heterocycles. The SMILES string of the molecule is CN=C(NCc1coc(-c2ccccc2)n1)NCc1cccs1.I. The summed E-state index contributed by atoms with van der Waals surface area (Å²) in [6.45, 7) is 1.31. The first-order valence-corrected chi connectivity index (χ1v) is 8.20. The number of thiophene rings is 1. The summed E-state index contributed by atoms with van der Waals surface area (Å²) in [7, 11) is 1.75. The minimum Gasteiger partial charge on any atom is -0.444 e. The third-order valence-corrected chi connectivity index (χ3v) is 4.12. The van der Waals surface area contributed by atoms with Gasteiger partial charge in [-0.25, -0.2) is 4.98 Å². The summed E-state index contributed by atoms with van der Waals surface area (Å²) in [5.74, 6) is 1.37. The normalized spacial score (nSPS) is 11.0. The third-order valence-electron chi connectivity index (χ3n) is 3.24. The molecule has 0 aliphatic heterocycles. The molecule has 0 spiro atoms. The monoisotopic (exact) mass is 454 g/mol. The van der Waals surface area contributed by atoms with Crippen molar-refractivity contribution in [3.8, 4) is 11.5 Å². The number of rotatable bonds is 5. The van der Waals surface area contributed by atoms with Gasteiger partial charge in [0.15, 0.2) is 5.96 Å². The average molecular weight is 454 g/mol. The van der Waals surface area contributed by atoms with Crippen molar-refractivity contribution in [1.82, 2.24) is 15.6 Å². The minimum atomic E-state index is 0.